The molecule has 3 nitrogen and oxygen atoms in total. The van der Waals surface area contributed by atoms with Gasteiger partial charge in [0.15, 0.2) is 0 Å². The molecule has 0 saturated heterocycles. The van der Waals surface area contributed by atoms with Crippen molar-refractivity contribution in [3.63, 3.8) is 0 Å². The lowest BCUT2D eigenvalue weighted by Gasteiger charge is -2.00. The lowest BCUT2D eigenvalue weighted by molar-refractivity contribution is 0.0918. The Labute approximate surface area is 48.5 Å². The van der Waals surface area contributed by atoms with Crippen LogP contribution in [-0.4, -0.2) is 18.4 Å². The van der Waals surface area contributed by atoms with Crippen molar-refractivity contribution in [2.45, 2.75) is 19.4 Å². The van der Waals surface area contributed by atoms with E-state index < -0.39 is 0 Å². The first kappa shape index (κ1) is 5.56. The summed E-state index contributed by atoms with van der Waals surface area (Å²) in [6.07, 6.45) is 1.05. The van der Waals surface area contributed by atoms with Crippen molar-refractivity contribution < 1.29 is 4.84 Å². The summed E-state index contributed by atoms with van der Waals surface area (Å²) in [7, 11) is 0. The minimum Gasteiger partial charge on any atom is -0.391 e. The third-order valence-corrected chi connectivity index (χ3v) is 1.14. The van der Waals surface area contributed by atoms with E-state index in [-0.39, 0.29) is 6.10 Å². The van der Waals surface area contributed by atoms with Gasteiger partial charge in [-0.25, -0.2) is 0 Å². The van der Waals surface area contributed by atoms with Crippen molar-refractivity contribution in [2.24, 2.45) is 10.9 Å². The first-order valence-electron chi connectivity index (χ1n) is 2.72. The Hall–Kier alpha value is -0.570. The van der Waals surface area contributed by atoms with Crippen molar-refractivity contribution in [1.82, 2.24) is 0 Å². The quantitative estimate of drug-likeness (QED) is 0.526. The van der Waals surface area contributed by atoms with E-state index in [1.54, 1.807) is 0 Å². The molecular formula is C5H10N2O. The number of rotatable bonds is 1. The van der Waals surface area contributed by atoms with E-state index in [0.717, 1.165) is 12.1 Å². The zero-order valence-electron chi connectivity index (χ0n) is 4.92. The van der Waals surface area contributed by atoms with E-state index in [0.29, 0.717) is 6.54 Å². The molecule has 0 aromatic heterocycles. The summed E-state index contributed by atoms with van der Waals surface area (Å²) in [5.74, 6) is 0. The van der Waals surface area contributed by atoms with Gasteiger partial charge in [0.25, 0.3) is 0 Å². The lowest BCUT2D eigenvalue weighted by Crippen LogP contribution is -2.19. The molecular weight excluding hydrogens is 104 g/mol. The third-order valence-electron chi connectivity index (χ3n) is 1.14. The fraction of sp³-hybridized carbons (Fsp3) is 0.800. The van der Waals surface area contributed by atoms with E-state index in [9.17, 15) is 0 Å². The van der Waals surface area contributed by atoms with Gasteiger partial charge in [-0.2, -0.15) is 0 Å². The summed E-state index contributed by atoms with van der Waals surface area (Å²) in [4.78, 5) is 4.88. The minimum absolute atomic E-state index is 0.148. The molecule has 8 heavy (non-hydrogen) atoms. The first-order valence-corrected chi connectivity index (χ1v) is 2.72. The second kappa shape index (κ2) is 2.13. The summed E-state index contributed by atoms with van der Waals surface area (Å²) in [6.45, 7) is 2.51. The highest BCUT2D eigenvalue weighted by atomic mass is 16.6. The number of nitrogens with two attached hydrogens (primary N) is 1. The monoisotopic (exact) mass is 114 g/mol. The molecule has 3 heteroatoms. The molecule has 0 aliphatic carbocycles. The molecule has 0 bridgehead atoms. The highest BCUT2D eigenvalue weighted by Gasteiger charge is 2.14. The minimum atomic E-state index is 0.148. The predicted molar refractivity (Wildman–Crippen MR) is 31.7 cm³/mol. The largest absolute Gasteiger partial charge is 0.391 e. The summed E-state index contributed by atoms with van der Waals surface area (Å²) in [5.41, 5.74) is 6.34. The molecule has 46 valence electrons. The van der Waals surface area contributed by atoms with Gasteiger partial charge in [0.05, 0.1) is 5.71 Å². The van der Waals surface area contributed by atoms with Crippen LogP contribution in [0.5, 0.6) is 0 Å². The van der Waals surface area contributed by atoms with Crippen LogP contribution in [0.25, 0.3) is 0 Å². The second-order valence-corrected chi connectivity index (χ2v) is 1.99. The van der Waals surface area contributed by atoms with Gasteiger partial charge >= 0.3 is 0 Å². The van der Waals surface area contributed by atoms with Gasteiger partial charge in [-0.05, 0) is 6.92 Å². The number of hydrogen-bond donors (Lipinski definition) is 1. The lowest BCUT2D eigenvalue weighted by atomic mass is 10.2. The zero-order chi connectivity index (χ0) is 5.98. The Bertz CT molecular complexity index is 111. The van der Waals surface area contributed by atoms with E-state index in [4.69, 9.17) is 10.6 Å². The molecule has 1 unspecified atom stereocenters. The van der Waals surface area contributed by atoms with Gasteiger partial charge < -0.3 is 10.6 Å². The van der Waals surface area contributed by atoms with Gasteiger partial charge in [-0.1, -0.05) is 5.16 Å². The van der Waals surface area contributed by atoms with Crippen molar-refractivity contribution in [2.75, 3.05) is 6.54 Å². The van der Waals surface area contributed by atoms with Crippen LogP contribution < -0.4 is 5.73 Å². The maximum absolute atomic E-state index is 5.30. The molecule has 2 N–H and O–H groups in total. The van der Waals surface area contributed by atoms with Crippen LogP contribution in [0.15, 0.2) is 5.16 Å². The maximum Gasteiger partial charge on any atom is 0.145 e. The molecule has 0 fully saturated rings. The van der Waals surface area contributed by atoms with E-state index in [2.05, 4.69) is 5.16 Å². The van der Waals surface area contributed by atoms with Gasteiger partial charge in [0.1, 0.15) is 6.10 Å². The van der Waals surface area contributed by atoms with Crippen LogP contribution in [-0.2, 0) is 4.84 Å². The van der Waals surface area contributed by atoms with Crippen molar-refractivity contribution >= 4 is 5.71 Å². The number of nitrogens with zero attached hydrogens (tertiary/aromatic N) is 1. The molecule has 1 rings (SSSR count). The predicted octanol–water partition coefficient (Wildman–Crippen LogP) is 0.110. The Morgan fingerprint density at radius 1 is 2.00 bits per heavy atom. The third kappa shape index (κ3) is 0.980. The molecule has 0 amide bonds. The summed E-state index contributed by atoms with van der Waals surface area (Å²) >= 11 is 0. The molecule has 0 radical (unpaired) electrons. The van der Waals surface area contributed by atoms with Gasteiger partial charge in [-0.3, -0.25) is 0 Å². The molecule has 0 aromatic rings. The average Bonchev–Trinajstić information content (AvgIpc) is 2.14. The Balaban J connectivity index is 2.32. The highest BCUT2D eigenvalue weighted by Crippen LogP contribution is 2.07. The van der Waals surface area contributed by atoms with Crippen LogP contribution >= 0.6 is 0 Å². The molecule has 0 aromatic carbocycles. The van der Waals surface area contributed by atoms with E-state index >= 15 is 0 Å². The number of hydrogen-bond acceptors (Lipinski definition) is 3. The maximum atomic E-state index is 5.30. The van der Waals surface area contributed by atoms with Crippen LogP contribution in [0.4, 0.5) is 0 Å². The molecule has 1 aliphatic heterocycles. The van der Waals surface area contributed by atoms with E-state index in [1.807, 2.05) is 6.92 Å². The normalized spacial score (nSPS) is 27.2. The van der Waals surface area contributed by atoms with Crippen LogP contribution in [0.1, 0.15) is 13.3 Å². The van der Waals surface area contributed by atoms with Crippen LogP contribution in [0.2, 0.25) is 0 Å². The molecule has 0 saturated carbocycles. The molecule has 0 spiro atoms. The standard InChI is InChI=1S/C5H10N2O/c1-4-2-5(3-6)8-7-4/h5H,2-3,6H2,1H3. The fourth-order valence-electron chi connectivity index (χ4n) is 0.695. The van der Waals surface area contributed by atoms with E-state index in [1.165, 1.54) is 0 Å². The van der Waals surface area contributed by atoms with Crippen LogP contribution in [0.3, 0.4) is 0 Å². The Kier molecular flexibility index (Phi) is 1.48. The second-order valence-electron chi connectivity index (χ2n) is 1.99. The zero-order valence-corrected chi connectivity index (χ0v) is 4.92. The van der Waals surface area contributed by atoms with Gasteiger partial charge in [0, 0.05) is 13.0 Å². The fourth-order valence-corrected chi connectivity index (χ4v) is 0.695. The Morgan fingerprint density at radius 3 is 3.00 bits per heavy atom. The highest BCUT2D eigenvalue weighted by molar-refractivity contribution is 5.82. The van der Waals surface area contributed by atoms with Crippen molar-refractivity contribution in [3.8, 4) is 0 Å². The molecule has 1 atom stereocenters. The molecule has 1 aliphatic rings. The molecule has 1 heterocycles. The SMILES string of the molecule is CC1=NOC(CN)C1. The van der Waals surface area contributed by atoms with Gasteiger partial charge in [0.2, 0.25) is 0 Å². The van der Waals surface area contributed by atoms with Crippen LogP contribution in [0, 0.1) is 0 Å². The van der Waals surface area contributed by atoms with Crippen molar-refractivity contribution in [3.05, 3.63) is 0 Å². The summed E-state index contributed by atoms with van der Waals surface area (Å²) in [5, 5.41) is 3.73. The average molecular weight is 114 g/mol. The van der Waals surface area contributed by atoms with Gasteiger partial charge in [-0.15, -0.1) is 0 Å². The Morgan fingerprint density at radius 2 is 2.75 bits per heavy atom. The summed E-state index contributed by atoms with van der Waals surface area (Å²) < 4.78 is 0. The first-order chi connectivity index (χ1) is 3.83. The smallest absolute Gasteiger partial charge is 0.145 e. The summed E-state index contributed by atoms with van der Waals surface area (Å²) in [6, 6.07) is 0. The number of oxime groups is 1. The van der Waals surface area contributed by atoms with Crippen molar-refractivity contribution in [1.29, 1.82) is 0 Å². The topological polar surface area (TPSA) is 47.6 Å².